The summed E-state index contributed by atoms with van der Waals surface area (Å²) in [5.74, 6) is -0.107. The first-order valence-electron chi connectivity index (χ1n) is 7.29. The molecule has 1 heterocycles. The van der Waals surface area contributed by atoms with E-state index in [0.717, 1.165) is 10.5 Å². The van der Waals surface area contributed by atoms with Crippen LogP contribution in [0.5, 0.6) is 0 Å². The van der Waals surface area contributed by atoms with Crippen molar-refractivity contribution >= 4 is 23.6 Å². The molecule has 0 unspecified atom stereocenters. The number of hydrogen-bond donors (Lipinski definition) is 1. The van der Waals surface area contributed by atoms with Crippen molar-refractivity contribution < 1.29 is 19.1 Å². The lowest BCUT2D eigenvalue weighted by Gasteiger charge is -2.15. The van der Waals surface area contributed by atoms with Gasteiger partial charge < -0.3 is 14.4 Å². The van der Waals surface area contributed by atoms with Gasteiger partial charge in [0.15, 0.2) is 5.76 Å². The predicted octanol–water partition coefficient (Wildman–Crippen LogP) is 3.51. The molecular weight excluding hydrogens is 314 g/mol. The topological polar surface area (TPSA) is 70.8 Å². The van der Waals surface area contributed by atoms with Crippen molar-refractivity contribution in [1.82, 2.24) is 4.90 Å². The maximum absolute atomic E-state index is 12.4. The van der Waals surface area contributed by atoms with Gasteiger partial charge in [-0.05, 0) is 24.6 Å². The molecule has 5 nitrogen and oxygen atoms in total. The van der Waals surface area contributed by atoms with E-state index in [1.54, 1.807) is 24.9 Å². The minimum Gasteiger partial charge on any atom is -0.481 e. The average Bonchev–Trinajstić information content (AvgIpc) is 3.01. The van der Waals surface area contributed by atoms with Gasteiger partial charge in [0.25, 0.3) is 5.91 Å². The Labute approximate surface area is 139 Å². The maximum Gasteiger partial charge on any atom is 0.303 e. The van der Waals surface area contributed by atoms with Gasteiger partial charge in [-0.3, -0.25) is 9.59 Å². The molecule has 0 fully saturated rings. The molecular formula is C17H19NO4S. The minimum atomic E-state index is -0.858. The van der Waals surface area contributed by atoms with E-state index in [4.69, 9.17) is 9.52 Å². The number of hydrogen-bond acceptors (Lipinski definition) is 4. The Kier molecular flexibility index (Phi) is 6.29. The Bertz CT molecular complexity index is 654. The predicted molar refractivity (Wildman–Crippen MR) is 88.5 cm³/mol. The minimum absolute atomic E-state index is 0.0481. The molecule has 2 aromatic rings. The summed E-state index contributed by atoms with van der Waals surface area (Å²) in [6.07, 6.45) is 1.98. The van der Waals surface area contributed by atoms with Crippen LogP contribution in [-0.4, -0.2) is 35.5 Å². The van der Waals surface area contributed by atoms with Crippen molar-refractivity contribution in [3.63, 3.8) is 0 Å². The van der Waals surface area contributed by atoms with Crippen molar-refractivity contribution in [3.8, 4) is 0 Å². The molecule has 1 amide bonds. The fraction of sp³-hybridized carbons (Fsp3) is 0.294. The number of benzene rings is 1. The van der Waals surface area contributed by atoms with E-state index in [2.05, 4.69) is 0 Å². The summed E-state index contributed by atoms with van der Waals surface area (Å²) in [7, 11) is 1.65. The number of rotatable bonds is 8. The third kappa shape index (κ3) is 5.17. The number of aliphatic carboxylic acids is 1. The smallest absolute Gasteiger partial charge is 0.303 e. The monoisotopic (exact) mass is 333 g/mol. The normalized spacial score (nSPS) is 10.5. The number of furan rings is 1. The van der Waals surface area contributed by atoms with Gasteiger partial charge in [-0.1, -0.05) is 18.2 Å². The van der Waals surface area contributed by atoms with Crippen molar-refractivity contribution in [1.29, 1.82) is 0 Å². The first-order valence-corrected chi connectivity index (χ1v) is 8.28. The zero-order chi connectivity index (χ0) is 16.7. The van der Waals surface area contributed by atoms with Gasteiger partial charge >= 0.3 is 5.97 Å². The number of thioether (sulfide) groups is 1. The molecule has 0 saturated carbocycles. The molecule has 0 saturated heterocycles. The Balaban J connectivity index is 1.93. The number of amides is 1. The van der Waals surface area contributed by atoms with E-state index in [-0.39, 0.29) is 12.3 Å². The van der Waals surface area contributed by atoms with Gasteiger partial charge in [-0.15, -0.1) is 11.8 Å². The highest BCUT2D eigenvalue weighted by atomic mass is 32.2. The SMILES string of the molecule is CN(CCCC(=O)O)C(=O)c1occc1CSc1ccccc1. The fourth-order valence-electron chi connectivity index (χ4n) is 2.06. The van der Waals surface area contributed by atoms with Crippen LogP contribution < -0.4 is 0 Å². The first kappa shape index (κ1) is 17.1. The summed E-state index contributed by atoms with van der Waals surface area (Å²) in [6.45, 7) is 0.386. The van der Waals surface area contributed by atoms with Crippen molar-refractivity contribution in [2.24, 2.45) is 0 Å². The molecule has 122 valence electrons. The van der Waals surface area contributed by atoms with Crippen LogP contribution >= 0.6 is 11.8 Å². The van der Waals surface area contributed by atoms with E-state index in [0.29, 0.717) is 24.5 Å². The van der Waals surface area contributed by atoms with E-state index in [1.165, 1.54) is 11.2 Å². The van der Waals surface area contributed by atoms with Crippen LogP contribution in [0.15, 0.2) is 52.0 Å². The average molecular weight is 333 g/mol. The molecule has 0 aliphatic heterocycles. The second-order valence-corrected chi connectivity index (χ2v) is 6.15. The molecule has 23 heavy (non-hydrogen) atoms. The zero-order valence-corrected chi connectivity index (χ0v) is 13.7. The van der Waals surface area contributed by atoms with Gasteiger partial charge in [-0.25, -0.2) is 0 Å². The van der Waals surface area contributed by atoms with E-state index < -0.39 is 5.97 Å². The molecule has 6 heteroatoms. The fourth-order valence-corrected chi connectivity index (χ4v) is 2.96. The van der Waals surface area contributed by atoms with Crippen LogP contribution in [0.2, 0.25) is 0 Å². The molecule has 1 aromatic carbocycles. The van der Waals surface area contributed by atoms with Crippen molar-refractivity contribution in [2.45, 2.75) is 23.5 Å². The largest absolute Gasteiger partial charge is 0.481 e. The van der Waals surface area contributed by atoms with Crippen molar-refractivity contribution in [3.05, 3.63) is 54.0 Å². The van der Waals surface area contributed by atoms with E-state index in [9.17, 15) is 9.59 Å². The highest BCUT2D eigenvalue weighted by Crippen LogP contribution is 2.25. The van der Waals surface area contributed by atoms with E-state index in [1.807, 2.05) is 30.3 Å². The van der Waals surface area contributed by atoms with Gasteiger partial charge in [0, 0.05) is 36.2 Å². The molecule has 0 spiro atoms. The zero-order valence-electron chi connectivity index (χ0n) is 12.9. The molecule has 2 rings (SSSR count). The lowest BCUT2D eigenvalue weighted by Crippen LogP contribution is -2.28. The number of carbonyl (C=O) groups excluding carboxylic acids is 1. The van der Waals surface area contributed by atoms with Gasteiger partial charge in [-0.2, -0.15) is 0 Å². The van der Waals surface area contributed by atoms with Crippen LogP contribution in [0.25, 0.3) is 0 Å². The second-order valence-electron chi connectivity index (χ2n) is 5.10. The lowest BCUT2D eigenvalue weighted by molar-refractivity contribution is -0.137. The Morgan fingerprint density at radius 1 is 1.22 bits per heavy atom. The highest BCUT2D eigenvalue weighted by molar-refractivity contribution is 7.98. The number of nitrogens with zero attached hydrogens (tertiary/aromatic N) is 1. The standard InChI is InChI=1S/C17H19NO4S/c1-18(10-5-8-15(19)20)17(21)16-13(9-11-22-16)12-23-14-6-3-2-4-7-14/h2-4,6-7,9,11H,5,8,10,12H2,1H3,(H,19,20). The molecule has 0 radical (unpaired) electrons. The van der Waals surface area contributed by atoms with Crippen LogP contribution in [-0.2, 0) is 10.5 Å². The van der Waals surface area contributed by atoms with E-state index >= 15 is 0 Å². The number of carboxylic acid groups (broad SMARTS) is 1. The van der Waals surface area contributed by atoms with Gasteiger partial charge in [0.05, 0.1) is 6.26 Å². The molecule has 1 N–H and O–H groups in total. The first-order chi connectivity index (χ1) is 11.1. The van der Waals surface area contributed by atoms with Crippen molar-refractivity contribution in [2.75, 3.05) is 13.6 Å². The highest BCUT2D eigenvalue weighted by Gasteiger charge is 2.19. The second kappa shape index (κ2) is 8.43. The Hall–Kier alpha value is -2.21. The number of carbonyl (C=O) groups is 2. The third-order valence-electron chi connectivity index (χ3n) is 3.31. The van der Waals surface area contributed by atoms with Crippen LogP contribution in [0.1, 0.15) is 29.0 Å². The summed E-state index contributed by atoms with van der Waals surface area (Å²) in [5, 5.41) is 8.65. The Morgan fingerprint density at radius 2 is 1.96 bits per heavy atom. The van der Waals surface area contributed by atoms with Gasteiger partial charge in [0.2, 0.25) is 0 Å². The molecule has 0 aliphatic rings. The molecule has 0 bridgehead atoms. The van der Waals surface area contributed by atoms with Gasteiger partial charge in [0.1, 0.15) is 0 Å². The summed E-state index contributed by atoms with van der Waals surface area (Å²) < 4.78 is 5.34. The summed E-state index contributed by atoms with van der Waals surface area (Å²) in [6, 6.07) is 11.7. The Morgan fingerprint density at radius 3 is 2.65 bits per heavy atom. The summed E-state index contributed by atoms with van der Waals surface area (Å²) in [5.41, 5.74) is 0.842. The van der Waals surface area contributed by atoms with Crippen LogP contribution in [0.3, 0.4) is 0 Å². The molecule has 0 aliphatic carbocycles. The maximum atomic E-state index is 12.4. The summed E-state index contributed by atoms with van der Waals surface area (Å²) in [4.78, 5) is 25.5. The summed E-state index contributed by atoms with van der Waals surface area (Å²) >= 11 is 1.63. The molecule has 1 aromatic heterocycles. The van der Waals surface area contributed by atoms with Crippen LogP contribution in [0.4, 0.5) is 0 Å². The number of carboxylic acids is 1. The lowest BCUT2D eigenvalue weighted by atomic mass is 10.2. The quantitative estimate of drug-likeness (QED) is 0.749. The third-order valence-corrected chi connectivity index (χ3v) is 4.37. The van der Waals surface area contributed by atoms with Crippen LogP contribution in [0, 0.1) is 0 Å². The molecule has 0 atom stereocenters.